The Balaban J connectivity index is 1.77. The molecule has 0 saturated carbocycles. The Bertz CT molecular complexity index is 677. The van der Waals surface area contributed by atoms with Crippen molar-refractivity contribution in [2.75, 3.05) is 18.1 Å². The Morgan fingerprint density at radius 3 is 2.52 bits per heavy atom. The molecule has 2 aromatic rings. The summed E-state index contributed by atoms with van der Waals surface area (Å²) in [5, 5.41) is 0. The number of hydrogen-bond donors (Lipinski definition) is 2. The fourth-order valence-corrected chi connectivity index (χ4v) is 2.48. The zero-order chi connectivity index (χ0) is 15.3. The molecule has 2 rings (SSSR count). The highest BCUT2D eigenvalue weighted by molar-refractivity contribution is 7.89. The number of nitrogen functional groups attached to an aromatic ring is 1. The number of nitrogens with one attached hydrogen (secondary N) is 1. The fraction of sp³-hybridized carbons (Fsp3) is 0.286. The van der Waals surface area contributed by atoms with E-state index in [2.05, 4.69) is 4.72 Å². The van der Waals surface area contributed by atoms with E-state index < -0.39 is 10.0 Å². The molecule has 21 heavy (non-hydrogen) atoms. The van der Waals surface area contributed by atoms with Gasteiger partial charge >= 0.3 is 0 Å². The van der Waals surface area contributed by atoms with Crippen LogP contribution in [0, 0.1) is 6.92 Å². The monoisotopic (exact) mass is 310 g/mol. The average molecular weight is 310 g/mol. The van der Waals surface area contributed by atoms with Gasteiger partial charge in [0.05, 0.1) is 12.3 Å². The second-order valence-electron chi connectivity index (χ2n) is 4.57. The maximum Gasteiger partial charge on any atom is 0.215 e. The molecular formula is C14H18N2O4S. The normalized spacial score (nSPS) is 11.5. The fourth-order valence-electron chi connectivity index (χ4n) is 1.67. The lowest BCUT2D eigenvalue weighted by Gasteiger charge is -2.08. The topological polar surface area (TPSA) is 94.6 Å². The molecule has 0 spiro atoms. The lowest BCUT2D eigenvalue weighted by Crippen LogP contribution is -2.28. The standard InChI is InChI=1S/C14H18N2O4S/c1-11-2-5-14(20-11)10-16-21(17,18)9-8-19-13-6-3-12(15)4-7-13/h2-7,16H,8-10,15H2,1H3. The van der Waals surface area contributed by atoms with Crippen molar-refractivity contribution in [3.63, 3.8) is 0 Å². The summed E-state index contributed by atoms with van der Waals surface area (Å²) in [6.45, 7) is 2.01. The number of ether oxygens (including phenoxy) is 1. The first-order chi connectivity index (χ1) is 9.94. The van der Waals surface area contributed by atoms with Crippen LogP contribution in [0.3, 0.4) is 0 Å². The molecule has 0 unspecified atom stereocenters. The van der Waals surface area contributed by atoms with Crippen LogP contribution in [0.25, 0.3) is 0 Å². The van der Waals surface area contributed by atoms with Crippen molar-refractivity contribution < 1.29 is 17.6 Å². The van der Waals surface area contributed by atoms with E-state index in [1.54, 1.807) is 43.3 Å². The molecule has 1 aromatic carbocycles. The molecule has 0 aliphatic rings. The number of hydrogen-bond acceptors (Lipinski definition) is 5. The van der Waals surface area contributed by atoms with Gasteiger partial charge in [-0.25, -0.2) is 13.1 Å². The Hall–Kier alpha value is -1.99. The molecule has 1 aromatic heterocycles. The minimum Gasteiger partial charge on any atom is -0.492 e. The molecule has 6 nitrogen and oxygen atoms in total. The minimum atomic E-state index is -3.41. The molecular weight excluding hydrogens is 292 g/mol. The molecule has 0 saturated heterocycles. The Morgan fingerprint density at radius 1 is 1.19 bits per heavy atom. The summed E-state index contributed by atoms with van der Waals surface area (Å²) in [5.74, 6) is 1.78. The highest BCUT2D eigenvalue weighted by Crippen LogP contribution is 2.13. The third-order valence-corrected chi connectivity index (χ3v) is 4.05. The van der Waals surface area contributed by atoms with Gasteiger partial charge in [-0.15, -0.1) is 0 Å². The first kappa shape index (κ1) is 15.4. The van der Waals surface area contributed by atoms with Crippen molar-refractivity contribution in [3.05, 3.63) is 47.9 Å². The van der Waals surface area contributed by atoms with Crippen molar-refractivity contribution in [1.82, 2.24) is 4.72 Å². The maximum atomic E-state index is 11.8. The molecule has 0 fully saturated rings. The van der Waals surface area contributed by atoms with Crippen molar-refractivity contribution in [3.8, 4) is 5.75 Å². The van der Waals surface area contributed by atoms with Crippen molar-refractivity contribution in [2.24, 2.45) is 0 Å². The quantitative estimate of drug-likeness (QED) is 0.759. The van der Waals surface area contributed by atoms with Crippen LogP contribution in [0.5, 0.6) is 5.75 Å². The van der Waals surface area contributed by atoms with E-state index >= 15 is 0 Å². The summed E-state index contributed by atoms with van der Waals surface area (Å²) in [5.41, 5.74) is 6.18. The summed E-state index contributed by atoms with van der Waals surface area (Å²) < 4.78 is 36.7. The Morgan fingerprint density at radius 2 is 1.90 bits per heavy atom. The molecule has 0 atom stereocenters. The number of anilines is 1. The summed E-state index contributed by atoms with van der Waals surface area (Å²) >= 11 is 0. The first-order valence-corrected chi connectivity index (χ1v) is 8.11. The van der Waals surface area contributed by atoms with E-state index in [0.717, 1.165) is 5.76 Å². The molecule has 114 valence electrons. The lowest BCUT2D eigenvalue weighted by molar-refractivity contribution is 0.340. The van der Waals surface area contributed by atoms with E-state index in [1.165, 1.54) is 0 Å². The SMILES string of the molecule is Cc1ccc(CNS(=O)(=O)CCOc2ccc(N)cc2)o1. The van der Waals surface area contributed by atoms with Crippen LogP contribution in [-0.4, -0.2) is 20.8 Å². The van der Waals surface area contributed by atoms with E-state index in [-0.39, 0.29) is 18.9 Å². The Kier molecular flexibility index (Phi) is 4.87. The predicted octanol–water partition coefficient (Wildman–Crippen LogP) is 1.67. The van der Waals surface area contributed by atoms with Gasteiger partial charge in [0.25, 0.3) is 0 Å². The van der Waals surface area contributed by atoms with Gasteiger partial charge in [0, 0.05) is 5.69 Å². The van der Waals surface area contributed by atoms with Gasteiger partial charge in [-0.05, 0) is 43.3 Å². The first-order valence-electron chi connectivity index (χ1n) is 6.46. The molecule has 0 aliphatic carbocycles. The van der Waals surface area contributed by atoms with Gasteiger partial charge in [-0.1, -0.05) is 0 Å². The van der Waals surface area contributed by atoms with Gasteiger partial charge in [0.15, 0.2) is 0 Å². The van der Waals surface area contributed by atoms with E-state index in [0.29, 0.717) is 17.2 Å². The second-order valence-corrected chi connectivity index (χ2v) is 6.50. The van der Waals surface area contributed by atoms with Crippen LogP contribution in [0.1, 0.15) is 11.5 Å². The van der Waals surface area contributed by atoms with Crippen molar-refractivity contribution in [1.29, 1.82) is 0 Å². The number of benzene rings is 1. The number of rotatable bonds is 7. The maximum absolute atomic E-state index is 11.8. The highest BCUT2D eigenvalue weighted by Gasteiger charge is 2.11. The molecule has 0 radical (unpaired) electrons. The Labute approximate surface area is 124 Å². The van der Waals surface area contributed by atoms with Crippen LogP contribution in [0.15, 0.2) is 40.8 Å². The van der Waals surface area contributed by atoms with E-state index in [9.17, 15) is 8.42 Å². The lowest BCUT2D eigenvalue weighted by atomic mass is 10.3. The molecule has 0 bridgehead atoms. The zero-order valence-corrected chi connectivity index (χ0v) is 12.5. The summed E-state index contributed by atoms with van der Waals surface area (Å²) in [6, 6.07) is 10.3. The number of aryl methyl sites for hydroxylation is 1. The zero-order valence-electron chi connectivity index (χ0n) is 11.7. The van der Waals surface area contributed by atoms with Crippen LogP contribution >= 0.6 is 0 Å². The largest absolute Gasteiger partial charge is 0.492 e. The number of sulfonamides is 1. The summed E-state index contributed by atoms with van der Waals surface area (Å²) in [4.78, 5) is 0. The second kappa shape index (κ2) is 6.64. The van der Waals surface area contributed by atoms with Gasteiger partial charge in [0.1, 0.15) is 23.9 Å². The van der Waals surface area contributed by atoms with Crippen LogP contribution < -0.4 is 15.2 Å². The summed E-state index contributed by atoms with van der Waals surface area (Å²) in [7, 11) is -3.41. The number of furan rings is 1. The van der Waals surface area contributed by atoms with Gasteiger partial charge in [-0.2, -0.15) is 0 Å². The van der Waals surface area contributed by atoms with Gasteiger partial charge < -0.3 is 14.9 Å². The third kappa shape index (κ3) is 5.13. The molecule has 1 heterocycles. The van der Waals surface area contributed by atoms with Crippen molar-refractivity contribution in [2.45, 2.75) is 13.5 Å². The van der Waals surface area contributed by atoms with Crippen LogP contribution in [0.4, 0.5) is 5.69 Å². The van der Waals surface area contributed by atoms with E-state index in [4.69, 9.17) is 14.9 Å². The van der Waals surface area contributed by atoms with Crippen LogP contribution in [0.2, 0.25) is 0 Å². The molecule has 0 amide bonds. The molecule has 3 N–H and O–H groups in total. The smallest absolute Gasteiger partial charge is 0.215 e. The van der Waals surface area contributed by atoms with E-state index in [1.807, 2.05) is 0 Å². The minimum absolute atomic E-state index is 0.0659. The third-order valence-electron chi connectivity index (χ3n) is 2.76. The molecule has 7 heteroatoms. The molecule has 0 aliphatic heterocycles. The van der Waals surface area contributed by atoms with Crippen molar-refractivity contribution >= 4 is 15.7 Å². The van der Waals surface area contributed by atoms with Gasteiger partial charge in [-0.3, -0.25) is 0 Å². The van der Waals surface area contributed by atoms with Crippen LogP contribution in [-0.2, 0) is 16.6 Å². The number of nitrogens with two attached hydrogens (primary N) is 1. The average Bonchev–Trinajstić information content (AvgIpc) is 2.85. The summed E-state index contributed by atoms with van der Waals surface area (Å²) in [6.07, 6.45) is 0. The van der Waals surface area contributed by atoms with Gasteiger partial charge in [0.2, 0.25) is 10.0 Å². The predicted molar refractivity (Wildman–Crippen MR) is 80.4 cm³/mol. The highest BCUT2D eigenvalue weighted by atomic mass is 32.2.